The summed E-state index contributed by atoms with van der Waals surface area (Å²) in [5.41, 5.74) is 3.59. The molecule has 3 N–H and O–H groups in total. The van der Waals surface area contributed by atoms with Crippen molar-refractivity contribution in [1.82, 2.24) is 4.90 Å². The maximum atomic E-state index is 12.7. The Morgan fingerprint density at radius 1 is 0.903 bits per heavy atom. The lowest BCUT2D eigenvalue weighted by molar-refractivity contribution is -0.116. The van der Waals surface area contributed by atoms with Gasteiger partial charge in [0.25, 0.3) is 5.91 Å². The molecule has 0 aliphatic carbocycles. The van der Waals surface area contributed by atoms with Crippen LogP contribution in [0.15, 0.2) is 42.5 Å². The van der Waals surface area contributed by atoms with Crippen molar-refractivity contribution in [1.29, 1.82) is 0 Å². The third kappa shape index (κ3) is 6.31. The molecule has 0 bridgehead atoms. The molecule has 0 spiro atoms. The highest BCUT2D eigenvalue weighted by molar-refractivity contribution is 5.98. The largest absolute Gasteiger partial charge is 0.376 e. The monoisotopic (exact) mass is 422 g/mol. The Morgan fingerprint density at radius 2 is 1.68 bits per heavy atom. The minimum absolute atomic E-state index is 0.00948. The molecule has 3 amide bonds. The smallest absolute Gasteiger partial charge is 0.253 e. The van der Waals surface area contributed by atoms with Gasteiger partial charge >= 0.3 is 0 Å². The summed E-state index contributed by atoms with van der Waals surface area (Å²) in [6.07, 6.45) is 3.65. The number of piperidine rings is 1. The fourth-order valence-electron chi connectivity index (χ4n) is 3.50. The van der Waals surface area contributed by atoms with Crippen LogP contribution < -0.4 is 16.0 Å². The fourth-order valence-corrected chi connectivity index (χ4v) is 3.50. The van der Waals surface area contributed by atoms with E-state index in [1.165, 1.54) is 6.42 Å². The van der Waals surface area contributed by atoms with E-state index in [0.717, 1.165) is 42.9 Å². The lowest BCUT2D eigenvalue weighted by Gasteiger charge is -2.26. The van der Waals surface area contributed by atoms with Gasteiger partial charge in [-0.15, -0.1) is 0 Å². The van der Waals surface area contributed by atoms with Crippen LogP contribution in [-0.2, 0) is 9.59 Å². The van der Waals surface area contributed by atoms with Crippen LogP contribution in [0, 0.1) is 6.92 Å². The summed E-state index contributed by atoms with van der Waals surface area (Å²) in [6.45, 7) is 5.35. The standard InChI is InChI=1S/C24H30N4O3/c1-3-22(29)27-21-15-19(11-10-17(21)2)25-16-23(30)26-20-9-7-8-18(14-20)24(31)28-12-5-4-6-13-28/h7-11,14-15,25H,3-6,12-13,16H2,1-2H3,(H,26,30)(H,27,29). The van der Waals surface area contributed by atoms with E-state index in [1.54, 1.807) is 31.2 Å². The van der Waals surface area contributed by atoms with E-state index in [9.17, 15) is 14.4 Å². The van der Waals surface area contributed by atoms with Gasteiger partial charge in [0.05, 0.1) is 6.54 Å². The van der Waals surface area contributed by atoms with Crippen molar-refractivity contribution < 1.29 is 14.4 Å². The second-order valence-corrected chi connectivity index (χ2v) is 7.77. The van der Waals surface area contributed by atoms with Crippen LogP contribution in [0.3, 0.4) is 0 Å². The van der Waals surface area contributed by atoms with E-state index >= 15 is 0 Å². The summed E-state index contributed by atoms with van der Waals surface area (Å²) < 4.78 is 0. The molecule has 3 rings (SSSR count). The van der Waals surface area contributed by atoms with E-state index < -0.39 is 0 Å². The zero-order valence-electron chi connectivity index (χ0n) is 18.2. The Hall–Kier alpha value is -3.35. The molecule has 2 aromatic rings. The number of carbonyl (C=O) groups is 3. The van der Waals surface area contributed by atoms with Crippen molar-refractivity contribution >= 4 is 34.8 Å². The molecule has 2 aromatic carbocycles. The highest BCUT2D eigenvalue weighted by atomic mass is 16.2. The number of hydrogen-bond donors (Lipinski definition) is 3. The molecule has 0 atom stereocenters. The molecular weight excluding hydrogens is 392 g/mol. The van der Waals surface area contributed by atoms with Crippen LogP contribution in [0.4, 0.5) is 17.1 Å². The average Bonchev–Trinajstić information content (AvgIpc) is 2.79. The van der Waals surface area contributed by atoms with Crippen molar-refractivity contribution in [2.75, 3.05) is 35.6 Å². The van der Waals surface area contributed by atoms with Crippen LogP contribution in [-0.4, -0.2) is 42.3 Å². The Bertz CT molecular complexity index is 952. The predicted molar refractivity (Wildman–Crippen MR) is 123 cm³/mol. The Balaban J connectivity index is 1.57. The van der Waals surface area contributed by atoms with Gasteiger partial charge in [-0.05, 0) is 62.1 Å². The molecule has 0 unspecified atom stereocenters. The maximum Gasteiger partial charge on any atom is 0.253 e. The van der Waals surface area contributed by atoms with E-state index in [0.29, 0.717) is 17.7 Å². The number of amides is 3. The molecule has 1 fully saturated rings. The molecule has 1 aliphatic rings. The first-order chi connectivity index (χ1) is 15.0. The minimum Gasteiger partial charge on any atom is -0.376 e. The first-order valence-corrected chi connectivity index (χ1v) is 10.8. The fraction of sp³-hybridized carbons (Fsp3) is 0.375. The molecule has 7 heteroatoms. The molecule has 1 aliphatic heterocycles. The number of rotatable bonds is 7. The topological polar surface area (TPSA) is 90.5 Å². The molecule has 0 saturated carbocycles. The van der Waals surface area contributed by atoms with Crippen molar-refractivity contribution in [3.05, 3.63) is 53.6 Å². The van der Waals surface area contributed by atoms with Gasteiger partial charge in [0.15, 0.2) is 0 Å². The summed E-state index contributed by atoms with van der Waals surface area (Å²) in [6, 6.07) is 12.6. The third-order valence-electron chi connectivity index (χ3n) is 5.32. The SMILES string of the molecule is CCC(=O)Nc1cc(NCC(=O)Nc2cccc(C(=O)N3CCCCC3)c2)ccc1C. The van der Waals surface area contributed by atoms with E-state index in [4.69, 9.17) is 0 Å². The van der Waals surface area contributed by atoms with E-state index in [-0.39, 0.29) is 24.3 Å². The van der Waals surface area contributed by atoms with Crippen molar-refractivity contribution in [3.8, 4) is 0 Å². The number of nitrogens with zero attached hydrogens (tertiary/aromatic N) is 1. The van der Waals surface area contributed by atoms with E-state index in [2.05, 4.69) is 16.0 Å². The number of hydrogen-bond acceptors (Lipinski definition) is 4. The number of aryl methyl sites for hydroxylation is 1. The highest BCUT2D eigenvalue weighted by Crippen LogP contribution is 2.21. The zero-order chi connectivity index (χ0) is 22.2. The van der Waals surface area contributed by atoms with Gasteiger partial charge in [-0.25, -0.2) is 0 Å². The Kier molecular flexibility index (Phi) is 7.65. The average molecular weight is 423 g/mol. The number of likely N-dealkylation sites (tertiary alicyclic amines) is 1. The summed E-state index contributed by atoms with van der Waals surface area (Å²) in [4.78, 5) is 38.6. The van der Waals surface area contributed by atoms with Gasteiger partial charge in [0, 0.05) is 42.1 Å². The molecular formula is C24H30N4O3. The third-order valence-corrected chi connectivity index (χ3v) is 5.32. The van der Waals surface area contributed by atoms with Gasteiger partial charge in [-0.1, -0.05) is 19.1 Å². The molecule has 0 aromatic heterocycles. The van der Waals surface area contributed by atoms with E-state index in [1.807, 2.05) is 30.0 Å². The summed E-state index contributed by atoms with van der Waals surface area (Å²) in [5.74, 6) is -0.269. The Labute approximate surface area is 183 Å². The van der Waals surface area contributed by atoms with Gasteiger partial charge in [0.2, 0.25) is 11.8 Å². The van der Waals surface area contributed by atoms with Crippen LogP contribution >= 0.6 is 0 Å². The minimum atomic E-state index is -0.220. The quantitative estimate of drug-likeness (QED) is 0.629. The molecule has 1 saturated heterocycles. The molecule has 7 nitrogen and oxygen atoms in total. The maximum absolute atomic E-state index is 12.7. The zero-order valence-corrected chi connectivity index (χ0v) is 18.2. The van der Waals surface area contributed by atoms with Gasteiger partial charge < -0.3 is 20.9 Å². The number of anilines is 3. The van der Waals surface area contributed by atoms with Crippen LogP contribution in [0.1, 0.15) is 48.5 Å². The lowest BCUT2D eigenvalue weighted by Crippen LogP contribution is -2.35. The molecule has 31 heavy (non-hydrogen) atoms. The van der Waals surface area contributed by atoms with Gasteiger partial charge in [-0.3, -0.25) is 14.4 Å². The summed E-state index contributed by atoms with van der Waals surface area (Å²) in [7, 11) is 0. The van der Waals surface area contributed by atoms with Crippen LogP contribution in [0.5, 0.6) is 0 Å². The summed E-state index contributed by atoms with van der Waals surface area (Å²) in [5, 5.41) is 8.77. The molecule has 1 heterocycles. The number of carbonyl (C=O) groups excluding carboxylic acids is 3. The molecule has 0 radical (unpaired) electrons. The molecule has 164 valence electrons. The number of benzene rings is 2. The van der Waals surface area contributed by atoms with Crippen LogP contribution in [0.25, 0.3) is 0 Å². The van der Waals surface area contributed by atoms with Gasteiger partial charge in [0.1, 0.15) is 0 Å². The highest BCUT2D eigenvalue weighted by Gasteiger charge is 2.18. The Morgan fingerprint density at radius 3 is 2.42 bits per heavy atom. The lowest BCUT2D eigenvalue weighted by atomic mass is 10.1. The number of nitrogens with one attached hydrogen (secondary N) is 3. The van der Waals surface area contributed by atoms with Crippen molar-refractivity contribution in [2.24, 2.45) is 0 Å². The van der Waals surface area contributed by atoms with Crippen molar-refractivity contribution in [3.63, 3.8) is 0 Å². The first kappa shape index (κ1) is 22.3. The van der Waals surface area contributed by atoms with Crippen molar-refractivity contribution in [2.45, 2.75) is 39.5 Å². The predicted octanol–water partition coefficient (Wildman–Crippen LogP) is 4.02. The van der Waals surface area contributed by atoms with Crippen LogP contribution in [0.2, 0.25) is 0 Å². The first-order valence-electron chi connectivity index (χ1n) is 10.8. The van der Waals surface area contributed by atoms with Gasteiger partial charge in [-0.2, -0.15) is 0 Å². The normalized spacial score (nSPS) is 13.4. The summed E-state index contributed by atoms with van der Waals surface area (Å²) >= 11 is 0. The second kappa shape index (κ2) is 10.6. The second-order valence-electron chi connectivity index (χ2n) is 7.77.